The highest BCUT2D eigenvalue weighted by molar-refractivity contribution is 5.81. The van der Waals surface area contributed by atoms with E-state index in [0.717, 1.165) is 12.1 Å². The standard InChI is InChI=1S/C13H13F3O3/c14-13(15,16)10-3-1-9(2-4-10)12(11(17)18)5-7-19-8-6-12/h1-4H,5-8H2,(H,17,18). The molecule has 1 saturated heterocycles. The maximum atomic E-state index is 12.5. The van der Waals surface area contributed by atoms with Crippen molar-refractivity contribution >= 4 is 5.97 Å². The van der Waals surface area contributed by atoms with Crippen molar-refractivity contribution in [1.82, 2.24) is 0 Å². The summed E-state index contributed by atoms with van der Waals surface area (Å²) in [5.74, 6) is -1.02. The van der Waals surface area contributed by atoms with Gasteiger partial charge in [0.25, 0.3) is 0 Å². The lowest BCUT2D eigenvalue weighted by Gasteiger charge is -2.33. The second-order valence-corrected chi connectivity index (χ2v) is 4.57. The van der Waals surface area contributed by atoms with Gasteiger partial charge in [0.1, 0.15) is 0 Å². The molecule has 1 fully saturated rings. The van der Waals surface area contributed by atoms with Crippen molar-refractivity contribution in [2.24, 2.45) is 0 Å². The van der Waals surface area contributed by atoms with Crippen LogP contribution in [0, 0.1) is 0 Å². The Labute approximate surface area is 108 Å². The fourth-order valence-electron chi connectivity index (χ4n) is 2.32. The Bertz CT molecular complexity index is 459. The maximum absolute atomic E-state index is 12.5. The Kier molecular flexibility index (Phi) is 3.54. The largest absolute Gasteiger partial charge is 0.481 e. The number of halogens is 3. The summed E-state index contributed by atoms with van der Waals surface area (Å²) in [5.41, 5.74) is -1.51. The zero-order chi connectivity index (χ0) is 14.1. The monoisotopic (exact) mass is 274 g/mol. The molecule has 3 nitrogen and oxygen atoms in total. The van der Waals surface area contributed by atoms with Crippen molar-refractivity contribution in [3.8, 4) is 0 Å². The molecular formula is C13H13F3O3. The van der Waals surface area contributed by atoms with E-state index in [9.17, 15) is 23.1 Å². The molecule has 1 heterocycles. The van der Waals surface area contributed by atoms with Crippen molar-refractivity contribution in [3.63, 3.8) is 0 Å². The minimum atomic E-state index is -4.41. The average molecular weight is 274 g/mol. The van der Waals surface area contributed by atoms with Crippen LogP contribution in [0.2, 0.25) is 0 Å². The minimum absolute atomic E-state index is 0.272. The molecular weight excluding hydrogens is 261 g/mol. The zero-order valence-corrected chi connectivity index (χ0v) is 10.0. The van der Waals surface area contributed by atoms with Crippen LogP contribution in [0.3, 0.4) is 0 Å². The van der Waals surface area contributed by atoms with Crippen LogP contribution in [-0.2, 0) is 21.1 Å². The van der Waals surface area contributed by atoms with Crippen molar-refractivity contribution in [2.75, 3.05) is 13.2 Å². The number of hydrogen-bond donors (Lipinski definition) is 1. The molecule has 0 spiro atoms. The first-order chi connectivity index (χ1) is 8.86. The maximum Gasteiger partial charge on any atom is 0.416 e. The molecule has 0 unspecified atom stereocenters. The van der Waals surface area contributed by atoms with Gasteiger partial charge in [-0.1, -0.05) is 12.1 Å². The lowest BCUT2D eigenvalue weighted by atomic mass is 9.74. The Hall–Kier alpha value is -1.56. The number of carboxylic acids is 1. The van der Waals surface area contributed by atoms with Crippen LogP contribution >= 0.6 is 0 Å². The lowest BCUT2D eigenvalue weighted by molar-refractivity contribution is -0.147. The number of ether oxygens (including phenoxy) is 1. The smallest absolute Gasteiger partial charge is 0.416 e. The van der Waals surface area contributed by atoms with Crippen LogP contribution in [0.5, 0.6) is 0 Å². The SMILES string of the molecule is O=C(O)C1(c2ccc(C(F)(F)F)cc2)CCOCC1. The summed E-state index contributed by atoms with van der Waals surface area (Å²) in [4.78, 5) is 11.5. The second kappa shape index (κ2) is 4.85. The summed E-state index contributed by atoms with van der Waals surface area (Å²) in [6.45, 7) is 0.598. The molecule has 0 aliphatic carbocycles. The summed E-state index contributed by atoms with van der Waals surface area (Å²) >= 11 is 0. The van der Waals surface area contributed by atoms with Gasteiger partial charge in [0.15, 0.2) is 0 Å². The summed E-state index contributed by atoms with van der Waals surface area (Å²) in [6, 6.07) is 4.36. The van der Waals surface area contributed by atoms with E-state index < -0.39 is 23.1 Å². The summed E-state index contributed by atoms with van der Waals surface area (Å²) in [5, 5.41) is 9.39. The molecule has 1 aliphatic rings. The predicted octanol–water partition coefficient (Wildman–Crippen LogP) is 2.84. The highest BCUT2D eigenvalue weighted by Gasteiger charge is 2.42. The Morgan fingerprint density at radius 1 is 1.16 bits per heavy atom. The average Bonchev–Trinajstić information content (AvgIpc) is 2.38. The third-order valence-electron chi connectivity index (χ3n) is 3.52. The van der Waals surface area contributed by atoms with Crippen LogP contribution < -0.4 is 0 Å². The molecule has 104 valence electrons. The molecule has 1 aromatic carbocycles. The van der Waals surface area contributed by atoms with E-state index in [1.54, 1.807) is 0 Å². The molecule has 0 radical (unpaired) electrons. The van der Waals surface area contributed by atoms with Crippen molar-refractivity contribution in [1.29, 1.82) is 0 Å². The number of carboxylic acid groups (broad SMARTS) is 1. The number of hydrogen-bond acceptors (Lipinski definition) is 2. The van der Waals surface area contributed by atoms with E-state index >= 15 is 0 Å². The molecule has 6 heteroatoms. The number of rotatable bonds is 2. The van der Waals surface area contributed by atoms with Crippen molar-refractivity contribution in [2.45, 2.75) is 24.4 Å². The Morgan fingerprint density at radius 2 is 1.68 bits per heavy atom. The minimum Gasteiger partial charge on any atom is -0.481 e. The highest BCUT2D eigenvalue weighted by Crippen LogP contribution is 2.37. The molecule has 0 saturated carbocycles. The third kappa shape index (κ3) is 2.58. The van der Waals surface area contributed by atoms with Crippen LogP contribution in [0.15, 0.2) is 24.3 Å². The van der Waals surface area contributed by atoms with Crippen LogP contribution in [0.25, 0.3) is 0 Å². The summed E-state index contributed by atoms with van der Waals surface area (Å²) < 4.78 is 42.6. The van der Waals surface area contributed by atoms with E-state index in [4.69, 9.17) is 4.74 Å². The predicted molar refractivity (Wildman–Crippen MR) is 60.8 cm³/mol. The molecule has 0 aromatic heterocycles. The highest BCUT2D eigenvalue weighted by atomic mass is 19.4. The van der Waals surface area contributed by atoms with Gasteiger partial charge < -0.3 is 9.84 Å². The second-order valence-electron chi connectivity index (χ2n) is 4.57. The molecule has 0 amide bonds. The summed E-state index contributed by atoms with van der Waals surface area (Å²) in [7, 11) is 0. The third-order valence-corrected chi connectivity index (χ3v) is 3.52. The van der Waals surface area contributed by atoms with Gasteiger partial charge in [0.05, 0.1) is 11.0 Å². The van der Waals surface area contributed by atoms with Gasteiger partial charge in [-0.2, -0.15) is 13.2 Å². The molecule has 1 N–H and O–H groups in total. The molecule has 1 aliphatic heterocycles. The topological polar surface area (TPSA) is 46.5 Å². The Balaban J connectivity index is 2.36. The first-order valence-electron chi connectivity index (χ1n) is 5.85. The van der Waals surface area contributed by atoms with E-state index in [2.05, 4.69) is 0 Å². The van der Waals surface area contributed by atoms with Crippen molar-refractivity contribution in [3.05, 3.63) is 35.4 Å². The fraction of sp³-hybridized carbons (Fsp3) is 0.462. The summed E-state index contributed by atoms with van der Waals surface area (Å²) in [6.07, 6.45) is -3.87. The van der Waals surface area contributed by atoms with Crippen LogP contribution in [0.1, 0.15) is 24.0 Å². The number of aliphatic carboxylic acids is 1. The first-order valence-corrected chi connectivity index (χ1v) is 5.85. The Morgan fingerprint density at radius 3 is 2.11 bits per heavy atom. The molecule has 1 aromatic rings. The van der Waals surface area contributed by atoms with Gasteiger partial charge in [-0.05, 0) is 30.5 Å². The van der Waals surface area contributed by atoms with Gasteiger partial charge in [-0.3, -0.25) is 4.79 Å². The number of benzene rings is 1. The van der Waals surface area contributed by atoms with Gasteiger partial charge >= 0.3 is 12.1 Å². The molecule has 0 bridgehead atoms. The zero-order valence-electron chi connectivity index (χ0n) is 10.0. The fourth-order valence-corrected chi connectivity index (χ4v) is 2.32. The lowest BCUT2D eigenvalue weighted by Crippen LogP contribution is -2.41. The first kappa shape index (κ1) is 13.9. The van der Waals surface area contributed by atoms with Gasteiger partial charge in [-0.25, -0.2) is 0 Å². The van der Waals surface area contributed by atoms with Crippen LogP contribution in [0.4, 0.5) is 13.2 Å². The van der Waals surface area contributed by atoms with E-state index in [1.165, 1.54) is 12.1 Å². The normalized spacial score (nSPS) is 19.1. The van der Waals surface area contributed by atoms with Gasteiger partial charge in [0, 0.05) is 13.2 Å². The number of carbonyl (C=O) groups is 1. The van der Waals surface area contributed by atoms with E-state index in [-0.39, 0.29) is 12.8 Å². The van der Waals surface area contributed by atoms with Crippen LogP contribution in [-0.4, -0.2) is 24.3 Å². The van der Waals surface area contributed by atoms with Gasteiger partial charge in [-0.15, -0.1) is 0 Å². The molecule has 2 rings (SSSR count). The van der Waals surface area contributed by atoms with E-state index in [1.807, 2.05) is 0 Å². The van der Waals surface area contributed by atoms with Crippen molar-refractivity contribution < 1.29 is 27.8 Å². The molecule has 19 heavy (non-hydrogen) atoms. The van der Waals surface area contributed by atoms with E-state index in [0.29, 0.717) is 18.8 Å². The molecule has 0 atom stereocenters. The van der Waals surface area contributed by atoms with Gasteiger partial charge in [0.2, 0.25) is 0 Å². The number of alkyl halides is 3. The quantitative estimate of drug-likeness (QED) is 0.902.